The Bertz CT molecular complexity index is 126. The van der Waals surface area contributed by atoms with Gasteiger partial charge in [0.25, 0.3) is 0 Å². The minimum atomic E-state index is 0. The summed E-state index contributed by atoms with van der Waals surface area (Å²) in [6.07, 6.45) is 5.90. The van der Waals surface area contributed by atoms with Crippen LogP contribution in [-0.4, -0.2) is 32.8 Å². The summed E-state index contributed by atoms with van der Waals surface area (Å²) < 4.78 is 5.26. The van der Waals surface area contributed by atoms with E-state index >= 15 is 0 Å². The largest absolute Gasteiger partial charge is 1.00 e. The zero-order valence-electron chi connectivity index (χ0n) is 8.98. The van der Waals surface area contributed by atoms with Crippen LogP contribution in [0.15, 0.2) is 0 Å². The lowest BCUT2D eigenvalue weighted by Gasteiger charge is -2.20. The molecule has 80 valence electrons. The van der Waals surface area contributed by atoms with Gasteiger partial charge in [-0.25, -0.2) is 0 Å². The molecule has 0 aliphatic carbocycles. The fraction of sp³-hybridized carbons (Fsp3) is 1.00. The van der Waals surface area contributed by atoms with Crippen molar-refractivity contribution in [3.63, 3.8) is 0 Å². The third kappa shape index (κ3) is 5.50. The van der Waals surface area contributed by atoms with Crippen LogP contribution in [0.5, 0.6) is 0 Å². The van der Waals surface area contributed by atoms with E-state index in [1.807, 2.05) is 0 Å². The lowest BCUT2D eigenvalue weighted by atomic mass is 10.0. The van der Waals surface area contributed by atoms with E-state index in [1.54, 1.807) is 4.90 Å². The van der Waals surface area contributed by atoms with E-state index in [0.717, 1.165) is 12.6 Å². The van der Waals surface area contributed by atoms with Gasteiger partial charge in [0.2, 0.25) is 0 Å². The first kappa shape index (κ1) is 13.2. The van der Waals surface area contributed by atoms with E-state index in [1.165, 1.54) is 25.7 Å². The van der Waals surface area contributed by atoms with Gasteiger partial charge in [0.1, 0.15) is 0 Å². The average molecular weight is 208 g/mol. The van der Waals surface area contributed by atoms with Gasteiger partial charge >= 0.3 is 0 Å². The Morgan fingerprint density at radius 1 is 1.46 bits per heavy atom. The van der Waals surface area contributed by atoms with Crippen LogP contribution in [0.4, 0.5) is 0 Å². The predicted octanol–water partition coefficient (Wildman–Crippen LogP) is -2.52. The van der Waals surface area contributed by atoms with E-state index < -0.39 is 0 Å². The zero-order valence-corrected chi connectivity index (χ0v) is 9.73. The van der Waals surface area contributed by atoms with E-state index in [9.17, 15) is 0 Å². The van der Waals surface area contributed by atoms with Crippen molar-refractivity contribution >= 4 is 0 Å². The molecule has 2 unspecified atom stereocenters. The van der Waals surface area contributed by atoms with Gasteiger partial charge in [0, 0.05) is 6.42 Å². The molecule has 1 rings (SSSR count). The normalized spacial score (nSPS) is 22.6. The van der Waals surface area contributed by atoms with E-state index in [4.69, 9.17) is 4.74 Å². The Morgan fingerprint density at radius 2 is 2.08 bits per heavy atom. The molecule has 1 N–H and O–H groups in total. The van der Waals surface area contributed by atoms with Crippen LogP contribution in [0.25, 0.3) is 0 Å². The molecule has 0 aromatic rings. The van der Waals surface area contributed by atoms with Crippen molar-refractivity contribution in [1.82, 2.24) is 0 Å². The summed E-state index contributed by atoms with van der Waals surface area (Å²) in [5.74, 6) is 0. The van der Waals surface area contributed by atoms with Gasteiger partial charge in [-0.05, 0) is 12.8 Å². The van der Waals surface area contributed by atoms with E-state index in [-0.39, 0.29) is 12.4 Å². The molecule has 0 radical (unpaired) electrons. The van der Waals surface area contributed by atoms with Crippen LogP contribution in [-0.2, 0) is 4.74 Å². The monoisotopic (exact) mass is 207 g/mol. The summed E-state index contributed by atoms with van der Waals surface area (Å²) in [4.78, 5) is 1.58. The summed E-state index contributed by atoms with van der Waals surface area (Å²) in [6.45, 7) is 3.27. The van der Waals surface area contributed by atoms with Crippen molar-refractivity contribution in [1.29, 1.82) is 0 Å². The van der Waals surface area contributed by atoms with E-state index in [0.29, 0.717) is 6.10 Å². The van der Waals surface area contributed by atoms with Crippen molar-refractivity contribution in [2.75, 3.05) is 20.7 Å². The van der Waals surface area contributed by atoms with E-state index in [2.05, 4.69) is 21.0 Å². The Morgan fingerprint density at radius 3 is 2.46 bits per heavy atom. The fourth-order valence-corrected chi connectivity index (χ4v) is 1.61. The van der Waals surface area contributed by atoms with Gasteiger partial charge in [0.05, 0.1) is 32.8 Å². The van der Waals surface area contributed by atoms with Gasteiger partial charge < -0.3 is 22.0 Å². The van der Waals surface area contributed by atoms with Crippen molar-refractivity contribution in [3.8, 4) is 0 Å². The third-order valence-corrected chi connectivity index (χ3v) is 2.67. The molecular weight excluding hydrogens is 186 g/mol. The molecule has 1 heterocycles. The number of rotatable bonds is 6. The number of hydrogen-bond acceptors (Lipinski definition) is 1. The molecule has 1 aliphatic rings. The minimum absolute atomic E-state index is 0. The second-order valence-electron chi connectivity index (χ2n) is 4.11. The molecule has 13 heavy (non-hydrogen) atoms. The smallest absolute Gasteiger partial charge is 0.0896 e. The average Bonchev–Trinajstić information content (AvgIpc) is 2.80. The molecule has 1 saturated heterocycles. The lowest BCUT2D eigenvalue weighted by molar-refractivity contribution is -0.886. The molecule has 0 aromatic carbocycles. The highest BCUT2D eigenvalue weighted by atomic mass is 35.5. The molecule has 0 aromatic heterocycles. The number of hydrogen-bond donors (Lipinski definition) is 1. The van der Waals surface area contributed by atoms with Crippen LogP contribution in [0.1, 0.15) is 32.6 Å². The standard InChI is InChI=1S/C10H21NO.ClH/c1-4-5-6-9(11(2)3)7-10-8-12-10;/h9-10H,4-8H2,1-3H3;1H. The maximum atomic E-state index is 5.26. The number of epoxide rings is 1. The Hall–Kier alpha value is 0.210. The molecule has 1 aliphatic heterocycles. The highest BCUT2D eigenvalue weighted by Gasteiger charge is 2.29. The van der Waals surface area contributed by atoms with Gasteiger partial charge in [0.15, 0.2) is 0 Å². The maximum absolute atomic E-state index is 5.26. The van der Waals surface area contributed by atoms with Gasteiger partial charge in [-0.1, -0.05) is 13.3 Å². The third-order valence-electron chi connectivity index (χ3n) is 2.67. The van der Waals surface area contributed by atoms with Crippen LogP contribution in [0.2, 0.25) is 0 Å². The summed E-state index contributed by atoms with van der Waals surface area (Å²) in [7, 11) is 4.51. The second kappa shape index (κ2) is 6.63. The topological polar surface area (TPSA) is 17.0 Å². The summed E-state index contributed by atoms with van der Waals surface area (Å²) in [5, 5.41) is 0. The van der Waals surface area contributed by atoms with Crippen molar-refractivity contribution in [2.45, 2.75) is 44.8 Å². The molecular formula is C10H22ClNO. The molecule has 0 amide bonds. The van der Waals surface area contributed by atoms with Crippen molar-refractivity contribution < 1.29 is 22.0 Å². The molecule has 2 atom stereocenters. The Kier molecular flexibility index (Phi) is 6.74. The zero-order chi connectivity index (χ0) is 8.97. The lowest BCUT2D eigenvalue weighted by Crippen LogP contribution is -3.10. The first-order valence-electron chi connectivity index (χ1n) is 5.15. The number of quaternary nitrogens is 1. The van der Waals surface area contributed by atoms with Gasteiger partial charge in [-0.3, -0.25) is 0 Å². The maximum Gasteiger partial charge on any atom is 0.0896 e. The quantitative estimate of drug-likeness (QED) is 0.476. The van der Waals surface area contributed by atoms with Crippen LogP contribution in [0, 0.1) is 0 Å². The van der Waals surface area contributed by atoms with Crippen LogP contribution in [0.3, 0.4) is 0 Å². The van der Waals surface area contributed by atoms with Crippen molar-refractivity contribution in [3.05, 3.63) is 0 Å². The first-order valence-corrected chi connectivity index (χ1v) is 5.15. The van der Waals surface area contributed by atoms with Crippen molar-refractivity contribution in [2.24, 2.45) is 0 Å². The molecule has 0 saturated carbocycles. The minimum Gasteiger partial charge on any atom is -1.00 e. The Balaban J connectivity index is 0.00000144. The van der Waals surface area contributed by atoms with Gasteiger partial charge in [-0.15, -0.1) is 0 Å². The SMILES string of the molecule is CCCCC(CC1CO1)[NH+](C)C.[Cl-]. The Labute approximate surface area is 88.0 Å². The van der Waals surface area contributed by atoms with Crippen LogP contribution >= 0.6 is 0 Å². The number of halogens is 1. The molecule has 3 heteroatoms. The fourth-order valence-electron chi connectivity index (χ4n) is 1.61. The number of unbranched alkanes of at least 4 members (excludes halogenated alkanes) is 1. The molecule has 0 spiro atoms. The predicted molar refractivity (Wildman–Crippen MR) is 50.5 cm³/mol. The summed E-state index contributed by atoms with van der Waals surface area (Å²) in [5.41, 5.74) is 0. The van der Waals surface area contributed by atoms with Gasteiger partial charge in [-0.2, -0.15) is 0 Å². The second-order valence-corrected chi connectivity index (χ2v) is 4.11. The summed E-state index contributed by atoms with van der Waals surface area (Å²) >= 11 is 0. The molecule has 2 nitrogen and oxygen atoms in total. The summed E-state index contributed by atoms with van der Waals surface area (Å²) in [6, 6.07) is 0.817. The molecule has 1 fully saturated rings. The number of nitrogens with one attached hydrogen (secondary N) is 1. The highest BCUT2D eigenvalue weighted by Crippen LogP contribution is 2.16. The highest BCUT2D eigenvalue weighted by molar-refractivity contribution is 4.73. The molecule has 0 bridgehead atoms. The van der Waals surface area contributed by atoms with Crippen LogP contribution < -0.4 is 17.3 Å². The first-order chi connectivity index (χ1) is 5.74. The number of ether oxygens (including phenoxy) is 1.